The number of carbonyl (C=O) groups excluding carboxylic acids is 1. The zero-order valence-corrected chi connectivity index (χ0v) is 10.00. The molecule has 0 aliphatic carbocycles. The van der Waals surface area contributed by atoms with Crippen molar-refractivity contribution in [1.29, 1.82) is 0 Å². The average Bonchev–Trinajstić information content (AvgIpc) is 2.28. The van der Waals surface area contributed by atoms with Gasteiger partial charge >= 0.3 is 0 Å². The van der Waals surface area contributed by atoms with Crippen molar-refractivity contribution in [2.45, 2.75) is 25.8 Å². The van der Waals surface area contributed by atoms with Gasteiger partial charge in [-0.1, -0.05) is 0 Å². The number of hydrogen-bond acceptors (Lipinski definition) is 3. The fraction of sp³-hybridized carbons (Fsp3) is 0.417. The minimum absolute atomic E-state index is 0.0177. The fourth-order valence-corrected chi connectivity index (χ4v) is 1.34. The molecule has 0 fully saturated rings. The number of methoxy groups -OCH3 is 1. The molecule has 0 spiro atoms. The lowest BCUT2D eigenvalue weighted by Gasteiger charge is -2.10. The highest BCUT2D eigenvalue weighted by molar-refractivity contribution is 5.92. The van der Waals surface area contributed by atoms with Gasteiger partial charge in [0, 0.05) is 18.5 Å². The summed E-state index contributed by atoms with van der Waals surface area (Å²) in [5, 5.41) is 2.66. The molecule has 1 unspecified atom stereocenters. The van der Waals surface area contributed by atoms with Gasteiger partial charge in [0.15, 0.2) is 0 Å². The van der Waals surface area contributed by atoms with Crippen molar-refractivity contribution in [2.24, 2.45) is 5.73 Å². The summed E-state index contributed by atoms with van der Waals surface area (Å²) in [6.07, 6.45) is 0.938. The number of halogens is 1. The van der Waals surface area contributed by atoms with Gasteiger partial charge in [-0.2, -0.15) is 0 Å². The molecule has 0 heterocycles. The Kier molecular flexibility index (Phi) is 4.90. The van der Waals surface area contributed by atoms with Crippen LogP contribution in [0.1, 0.15) is 19.8 Å². The van der Waals surface area contributed by atoms with Crippen molar-refractivity contribution in [3.05, 3.63) is 24.0 Å². The van der Waals surface area contributed by atoms with Gasteiger partial charge in [0.2, 0.25) is 5.91 Å². The van der Waals surface area contributed by atoms with Gasteiger partial charge < -0.3 is 15.8 Å². The van der Waals surface area contributed by atoms with Crippen molar-refractivity contribution >= 4 is 11.6 Å². The van der Waals surface area contributed by atoms with Crippen molar-refractivity contribution in [2.75, 3.05) is 12.4 Å². The maximum absolute atomic E-state index is 12.9. The molecule has 3 N–H and O–H groups in total. The highest BCUT2D eigenvalue weighted by Crippen LogP contribution is 2.25. The van der Waals surface area contributed by atoms with E-state index in [4.69, 9.17) is 10.5 Å². The quantitative estimate of drug-likeness (QED) is 0.826. The molecule has 5 heteroatoms. The number of benzene rings is 1. The van der Waals surface area contributed by atoms with E-state index in [9.17, 15) is 9.18 Å². The predicted molar refractivity (Wildman–Crippen MR) is 64.5 cm³/mol. The molecule has 1 atom stereocenters. The number of amides is 1. The van der Waals surface area contributed by atoms with Gasteiger partial charge in [-0.15, -0.1) is 0 Å². The summed E-state index contributed by atoms with van der Waals surface area (Å²) in [6.45, 7) is 1.84. The zero-order chi connectivity index (χ0) is 12.8. The third-order valence-corrected chi connectivity index (χ3v) is 2.26. The molecule has 0 saturated carbocycles. The van der Waals surface area contributed by atoms with E-state index >= 15 is 0 Å². The normalized spacial score (nSPS) is 12.0. The topological polar surface area (TPSA) is 64.3 Å². The van der Waals surface area contributed by atoms with Gasteiger partial charge in [0.25, 0.3) is 0 Å². The van der Waals surface area contributed by atoms with E-state index in [0.717, 1.165) is 0 Å². The first-order valence-electron chi connectivity index (χ1n) is 5.42. The Morgan fingerprint density at radius 2 is 2.29 bits per heavy atom. The van der Waals surface area contributed by atoms with Crippen LogP contribution in [0.3, 0.4) is 0 Å². The van der Waals surface area contributed by atoms with Crippen LogP contribution >= 0.6 is 0 Å². The van der Waals surface area contributed by atoms with Crippen molar-refractivity contribution in [3.8, 4) is 5.75 Å². The molecule has 0 radical (unpaired) electrons. The van der Waals surface area contributed by atoms with E-state index in [1.165, 1.54) is 25.3 Å². The minimum atomic E-state index is -0.407. The lowest BCUT2D eigenvalue weighted by Crippen LogP contribution is -2.19. The molecule has 0 aromatic heterocycles. The third-order valence-electron chi connectivity index (χ3n) is 2.26. The van der Waals surface area contributed by atoms with Crippen LogP contribution in [0, 0.1) is 5.82 Å². The second kappa shape index (κ2) is 6.20. The monoisotopic (exact) mass is 240 g/mol. The Balaban J connectivity index is 2.64. The maximum Gasteiger partial charge on any atom is 0.224 e. The van der Waals surface area contributed by atoms with E-state index in [1.807, 2.05) is 6.92 Å². The maximum atomic E-state index is 12.9. The molecule has 4 nitrogen and oxygen atoms in total. The Morgan fingerprint density at radius 3 is 2.88 bits per heavy atom. The van der Waals surface area contributed by atoms with Gasteiger partial charge in [0.05, 0.1) is 12.8 Å². The summed E-state index contributed by atoms with van der Waals surface area (Å²) in [5.41, 5.74) is 6.02. The smallest absolute Gasteiger partial charge is 0.224 e. The van der Waals surface area contributed by atoms with Crippen LogP contribution in [-0.2, 0) is 4.79 Å². The van der Waals surface area contributed by atoms with E-state index in [0.29, 0.717) is 24.3 Å². The van der Waals surface area contributed by atoms with E-state index in [-0.39, 0.29) is 11.9 Å². The van der Waals surface area contributed by atoms with Gasteiger partial charge in [-0.3, -0.25) is 4.79 Å². The molecule has 1 amide bonds. The largest absolute Gasteiger partial charge is 0.494 e. The first kappa shape index (κ1) is 13.4. The molecular weight excluding hydrogens is 223 g/mol. The molecule has 0 saturated heterocycles. The summed E-state index contributed by atoms with van der Waals surface area (Å²) in [5.74, 6) is -0.262. The van der Waals surface area contributed by atoms with Gasteiger partial charge in [-0.05, 0) is 25.5 Å². The van der Waals surface area contributed by atoms with E-state index in [1.54, 1.807) is 0 Å². The Labute approximate surface area is 100.0 Å². The summed E-state index contributed by atoms with van der Waals surface area (Å²) in [7, 11) is 1.42. The predicted octanol–water partition coefficient (Wildman–Crippen LogP) is 1.90. The summed E-state index contributed by atoms with van der Waals surface area (Å²) in [6, 6.07) is 3.94. The van der Waals surface area contributed by atoms with Crippen LogP contribution < -0.4 is 15.8 Å². The summed E-state index contributed by atoms with van der Waals surface area (Å²) in [4.78, 5) is 11.6. The lowest BCUT2D eigenvalue weighted by molar-refractivity contribution is -0.116. The average molecular weight is 240 g/mol. The number of nitrogens with two attached hydrogens (primary N) is 1. The van der Waals surface area contributed by atoms with E-state index in [2.05, 4.69) is 5.32 Å². The molecule has 94 valence electrons. The Bertz CT molecular complexity index is 394. The van der Waals surface area contributed by atoms with Gasteiger partial charge in [-0.25, -0.2) is 4.39 Å². The molecule has 1 aromatic rings. The number of rotatable bonds is 5. The second-order valence-corrected chi connectivity index (χ2v) is 3.91. The number of nitrogens with one attached hydrogen (secondary N) is 1. The number of carbonyl (C=O) groups is 1. The van der Waals surface area contributed by atoms with Crippen LogP contribution in [0.2, 0.25) is 0 Å². The third kappa shape index (κ3) is 4.40. The molecule has 17 heavy (non-hydrogen) atoms. The number of anilines is 1. The fourth-order valence-electron chi connectivity index (χ4n) is 1.34. The highest BCUT2D eigenvalue weighted by atomic mass is 19.1. The van der Waals surface area contributed by atoms with Crippen LogP contribution in [0.15, 0.2) is 18.2 Å². The number of hydrogen-bond donors (Lipinski definition) is 2. The number of ether oxygens (including phenoxy) is 1. The lowest BCUT2D eigenvalue weighted by atomic mass is 10.2. The van der Waals surface area contributed by atoms with Crippen molar-refractivity contribution in [1.82, 2.24) is 0 Å². The van der Waals surface area contributed by atoms with Gasteiger partial charge in [0.1, 0.15) is 11.6 Å². The molecule has 0 aliphatic heterocycles. The first-order chi connectivity index (χ1) is 8.02. The van der Waals surface area contributed by atoms with Crippen LogP contribution in [-0.4, -0.2) is 19.1 Å². The molecule has 1 rings (SSSR count). The van der Waals surface area contributed by atoms with Crippen LogP contribution in [0.4, 0.5) is 10.1 Å². The Hall–Kier alpha value is -1.62. The summed E-state index contributed by atoms with van der Waals surface area (Å²) >= 11 is 0. The van der Waals surface area contributed by atoms with Crippen LogP contribution in [0.5, 0.6) is 5.75 Å². The van der Waals surface area contributed by atoms with E-state index < -0.39 is 5.82 Å². The standard InChI is InChI=1S/C12H17FN2O2/c1-8(14)3-6-12(16)15-10-5-4-9(13)7-11(10)17-2/h4-5,7-8H,3,6,14H2,1-2H3,(H,15,16). The van der Waals surface area contributed by atoms with Crippen LogP contribution in [0.25, 0.3) is 0 Å². The van der Waals surface area contributed by atoms with Crippen molar-refractivity contribution in [3.63, 3.8) is 0 Å². The SMILES string of the molecule is COc1cc(F)ccc1NC(=O)CCC(C)N. The molecule has 1 aromatic carbocycles. The highest BCUT2D eigenvalue weighted by Gasteiger charge is 2.09. The Morgan fingerprint density at radius 1 is 1.59 bits per heavy atom. The zero-order valence-electron chi connectivity index (χ0n) is 10.00. The summed E-state index contributed by atoms with van der Waals surface area (Å²) < 4.78 is 17.9. The molecule has 0 aliphatic rings. The van der Waals surface area contributed by atoms with Crippen molar-refractivity contribution < 1.29 is 13.9 Å². The first-order valence-corrected chi connectivity index (χ1v) is 5.42. The molecular formula is C12H17FN2O2. The molecule has 0 bridgehead atoms. The minimum Gasteiger partial charge on any atom is -0.494 e. The second-order valence-electron chi connectivity index (χ2n) is 3.91.